The van der Waals surface area contributed by atoms with Crippen molar-refractivity contribution < 1.29 is 31.9 Å². The van der Waals surface area contributed by atoms with Crippen molar-refractivity contribution in [3.63, 3.8) is 0 Å². The van der Waals surface area contributed by atoms with Crippen molar-refractivity contribution >= 4 is 21.8 Å². The first-order valence-electron chi connectivity index (χ1n) is 7.47. The molecule has 7 nitrogen and oxygen atoms in total. The second-order valence-corrected chi connectivity index (χ2v) is 7.46. The minimum Gasteiger partial charge on any atom is -0.465 e. The molecule has 0 N–H and O–H groups in total. The summed E-state index contributed by atoms with van der Waals surface area (Å²) in [6, 6.07) is 7.51. The predicted octanol–water partition coefficient (Wildman–Crippen LogP) is 2.36. The SMILES string of the molecule is CCOC(=O)c1ccoc1COC(=O)c1ccc(CS(C)(=O)=O)cc1. The molecule has 0 fully saturated rings. The summed E-state index contributed by atoms with van der Waals surface area (Å²) >= 11 is 0. The molecule has 2 rings (SSSR count). The van der Waals surface area contributed by atoms with Crippen molar-refractivity contribution in [2.75, 3.05) is 12.9 Å². The summed E-state index contributed by atoms with van der Waals surface area (Å²) in [7, 11) is -3.14. The minimum absolute atomic E-state index is 0.0996. The molecule has 8 heteroatoms. The molecule has 0 aliphatic heterocycles. The fraction of sp³-hybridized carbons (Fsp3) is 0.294. The average molecular weight is 366 g/mol. The van der Waals surface area contributed by atoms with Crippen LogP contribution in [0.25, 0.3) is 0 Å². The summed E-state index contributed by atoms with van der Waals surface area (Å²) in [6.45, 7) is 1.69. The standard InChI is InChI=1S/C17H18O7S/c1-3-22-17(19)14-8-9-23-15(14)10-24-16(18)13-6-4-12(5-7-13)11-25(2,20)21/h4-9H,3,10-11H2,1-2H3. The molecular weight excluding hydrogens is 348 g/mol. The molecule has 0 bridgehead atoms. The van der Waals surface area contributed by atoms with Gasteiger partial charge in [-0.15, -0.1) is 0 Å². The van der Waals surface area contributed by atoms with Crippen molar-refractivity contribution in [1.29, 1.82) is 0 Å². The van der Waals surface area contributed by atoms with Gasteiger partial charge in [0.05, 0.1) is 24.2 Å². The van der Waals surface area contributed by atoms with E-state index >= 15 is 0 Å². The second-order valence-electron chi connectivity index (χ2n) is 5.32. The maximum atomic E-state index is 12.0. The summed E-state index contributed by atoms with van der Waals surface area (Å²) < 4.78 is 37.6. The number of hydrogen-bond acceptors (Lipinski definition) is 7. The van der Waals surface area contributed by atoms with Crippen LogP contribution < -0.4 is 0 Å². The molecule has 1 heterocycles. The maximum Gasteiger partial charge on any atom is 0.341 e. The Hall–Kier alpha value is -2.61. The third-order valence-corrected chi connectivity index (χ3v) is 4.05. The number of sulfone groups is 1. The highest BCUT2D eigenvalue weighted by molar-refractivity contribution is 7.89. The van der Waals surface area contributed by atoms with E-state index in [2.05, 4.69) is 0 Å². The Bertz CT molecular complexity index is 847. The number of esters is 2. The van der Waals surface area contributed by atoms with E-state index in [0.717, 1.165) is 6.26 Å². The Kier molecular flexibility index (Phi) is 5.97. The zero-order valence-corrected chi connectivity index (χ0v) is 14.7. The first-order chi connectivity index (χ1) is 11.8. The Morgan fingerprint density at radius 2 is 1.72 bits per heavy atom. The number of ether oxygens (including phenoxy) is 2. The average Bonchev–Trinajstić information content (AvgIpc) is 3.00. The quantitative estimate of drug-likeness (QED) is 0.693. The van der Waals surface area contributed by atoms with Gasteiger partial charge < -0.3 is 13.9 Å². The number of carbonyl (C=O) groups excluding carboxylic acids is 2. The van der Waals surface area contributed by atoms with Crippen LogP contribution in [-0.2, 0) is 31.7 Å². The Morgan fingerprint density at radius 1 is 1.04 bits per heavy atom. The highest BCUT2D eigenvalue weighted by Gasteiger charge is 2.18. The summed E-state index contributed by atoms with van der Waals surface area (Å²) in [5.41, 5.74) is 1.05. The van der Waals surface area contributed by atoms with Gasteiger partial charge >= 0.3 is 11.9 Å². The number of benzene rings is 1. The monoisotopic (exact) mass is 366 g/mol. The summed E-state index contributed by atoms with van der Waals surface area (Å²) in [5.74, 6) is -1.07. The lowest BCUT2D eigenvalue weighted by atomic mass is 10.1. The molecule has 0 amide bonds. The van der Waals surface area contributed by atoms with Crippen LogP contribution in [0.4, 0.5) is 0 Å². The van der Waals surface area contributed by atoms with Crippen LogP contribution in [0.2, 0.25) is 0 Å². The number of rotatable bonds is 7. The highest BCUT2D eigenvalue weighted by Crippen LogP contribution is 2.15. The molecule has 0 spiro atoms. The van der Waals surface area contributed by atoms with Gasteiger partial charge in [-0.1, -0.05) is 12.1 Å². The lowest BCUT2D eigenvalue weighted by Gasteiger charge is -2.06. The van der Waals surface area contributed by atoms with Crippen molar-refractivity contribution in [1.82, 2.24) is 0 Å². The lowest BCUT2D eigenvalue weighted by molar-refractivity contribution is 0.0423. The third kappa shape index (κ3) is 5.46. The van der Waals surface area contributed by atoms with Crippen LogP contribution in [0.3, 0.4) is 0 Å². The van der Waals surface area contributed by atoms with E-state index in [1.165, 1.54) is 24.5 Å². The summed E-state index contributed by atoms with van der Waals surface area (Å²) in [4.78, 5) is 23.8. The molecule has 134 valence electrons. The van der Waals surface area contributed by atoms with Crippen LogP contribution >= 0.6 is 0 Å². The van der Waals surface area contributed by atoms with E-state index in [-0.39, 0.29) is 35.9 Å². The van der Waals surface area contributed by atoms with E-state index in [4.69, 9.17) is 13.9 Å². The Balaban J connectivity index is 1.99. The maximum absolute atomic E-state index is 12.0. The number of hydrogen-bond donors (Lipinski definition) is 0. The molecular formula is C17H18O7S. The molecule has 0 saturated heterocycles. The van der Waals surface area contributed by atoms with Crippen molar-refractivity contribution in [2.45, 2.75) is 19.3 Å². The third-order valence-electron chi connectivity index (χ3n) is 3.19. The van der Waals surface area contributed by atoms with Crippen LogP contribution in [-0.4, -0.2) is 33.2 Å². The molecule has 1 aromatic heterocycles. The molecule has 1 aromatic carbocycles. The summed E-state index contributed by atoms with van der Waals surface area (Å²) in [5, 5.41) is 0. The van der Waals surface area contributed by atoms with Gasteiger partial charge in [0.25, 0.3) is 0 Å². The summed E-state index contributed by atoms with van der Waals surface area (Å²) in [6.07, 6.45) is 2.45. The van der Waals surface area contributed by atoms with Crippen LogP contribution in [0, 0.1) is 0 Å². The van der Waals surface area contributed by atoms with Gasteiger partial charge in [-0.25, -0.2) is 18.0 Å². The van der Waals surface area contributed by atoms with E-state index in [1.807, 2.05) is 0 Å². The van der Waals surface area contributed by atoms with Gasteiger partial charge in [0, 0.05) is 6.26 Å². The predicted molar refractivity (Wildman–Crippen MR) is 88.8 cm³/mol. The van der Waals surface area contributed by atoms with Gasteiger partial charge in [-0.2, -0.15) is 0 Å². The van der Waals surface area contributed by atoms with E-state index in [1.54, 1.807) is 19.1 Å². The van der Waals surface area contributed by atoms with E-state index in [9.17, 15) is 18.0 Å². The van der Waals surface area contributed by atoms with Crippen molar-refractivity contribution in [3.05, 3.63) is 59.0 Å². The fourth-order valence-corrected chi connectivity index (χ4v) is 2.90. The van der Waals surface area contributed by atoms with Crippen LogP contribution in [0.1, 0.15) is 39.0 Å². The molecule has 25 heavy (non-hydrogen) atoms. The highest BCUT2D eigenvalue weighted by atomic mass is 32.2. The van der Waals surface area contributed by atoms with E-state index < -0.39 is 21.8 Å². The number of furan rings is 1. The lowest BCUT2D eigenvalue weighted by Crippen LogP contribution is -2.09. The Labute approximate surface area is 145 Å². The first kappa shape index (κ1) is 18.7. The van der Waals surface area contributed by atoms with Gasteiger partial charge in [-0.05, 0) is 30.7 Å². The van der Waals surface area contributed by atoms with Gasteiger partial charge in [-0.3, -0.25) is 0 Å². The van der Waals surface area contributed by atoms with Gasteiger partial charge in [0.2, 0.25) is 0 Å². The van der Waals surface area contributed by atoms with Gasteiger partial charge in [0.1, 0.15) is 5.56 Å². The molecule has 0 aliphatic carbocycles. The number of carbonyl (C=O) groups is 2. The zero-order chi connectivity index (χ0) is 18.4. The smallest absolute Gasteiger partial charge is 0.341 e. The largest absolute Gasteiger partial charge is 0.465 e. The van der Waals surface area contributed by atoms with E-state index in [0.29, 0.717) is 5.56 Å². The molecule has 0 atom stereocenters. The molecule has 0 unspecified atom stereocenters. The molecule has 0 radical (unpaired) electrons. The second kappa shape index (κ2) is 7.98. The molecule has 0 aliphatic rings. The van der Waals surface area contributed by atoms with Crippen molar-refractivity contribution in [3.8, 4) is 0 Å². The fourth-order valence-electron chi connectivity index (χ4n) is 2.10. The van der Waals surface area contributed by atoms with Crippen LogP contribution in [0.15, 0.2) is 41.0 Å². The Morgan fingerprint density at radius 3 is 2.32 bits per heavy atom. The van der Waals surface area contributed by atoms with Crippen molar-refractivity contribution in [2.24, 2.45) is 0 Å². The topological polar surface area (TPSA) is 99.9 Å². The van der Waals surface area contributed by atoms with Crippen LogP contribution in [0.5, 0.6) is 0 Å². The first-order valence-corrected chi connectivity index (χ1v) is 9.53. The zero-order valence-electron chi connectivity index (χ0n) is 13.9. The molecule has 2 aromatic rings. The minimum atomic E-state index is -3.14. The molecule has 0 saturated carbocycles. The normalized spacial score (nSPS) is 11.1. The van der Waals surface area contributed by atoms with Gasteiger partial charge in [0.15, 0.2) is 22.2 Å².